The molecule has 0 saturated carbocycles. The number of anilines is 5. The SMILES string of the molecule is Cc1cccc(C)c1Nc1nn(C)c2nc(Nc3ccc4c(c3)CN(C3CN(CC5CN(c6ccc7c(c6)C(=O)N(C6CCC(=O)NC6=O)C7=O)C5)C3)CC4)ncc12. The molecule has 15 nitrogen and oxygen atoms in total. The third-order valence-electron chi connectivity index (χ3n) is 12.5. The molecule has 296 valence electrons. The molecule has 5 aromatic rings. The summed E-state index contributed by atoms with van der Waals surface area (Å²) in [7, 11) is 1.90. The maximum absolute atomic E-state index is 13.3. The average Bonchev–Trinajstić information content (AvgIpc) is 3.61. The van der Waals surface area contributed by atoms with Gasteiger partial charge in [-0.1, -0.05) is 24.3 Å². The summed E-state index contributed by atoms with van der Waals surface area (Å²) >= 11 is 0. The van der Waals surface area contributed by atoms with Crippen LogP contribution in [0.3, 0.4) is 0 Å². The smallest absolute Gasteiger partial charge is 0.262 e. The Morgan fingerprint density at radius 2 is 1.66 bits per heavy atom. The van der Waals surface area contributed by atoms with Crippen molar-refractivity contribution in [3.8, 4) is 0 Å². The first-order chi connectivity index (χ1) is 28.1. The van der Waals surface area contributed by atoms with Crippen molar-refractivity contribution in [1.29, 1.82) is 0 Å². The number of hydrogen-bond acceptors (Lipinski definition) is 12. The Balaban J connectivity index is 0.718. The van der Waals surface area contributed by atoms with Crippen LogP contribution in [0.25, 0.3) is 11.0 Å². The van der Waals surface area contributed by atoms with E-state index in [2.05, 4.69) is 85.9 Å². The van der Waals surface area contributed by atoms with Gasteiger partial charge in [0.1, 0.15) is 6.04 Å². The lowest BCUT2D eigenvalue weighted by Gasteiger charge is -2.50. The summed E-state index contributed by atoms with van der Waals surface area (Å²) in [6.45, 7) is 11.0. The maximum Gasteiger partial charge on any atom is 0.262 e. The molecule has 3 N–H and O–H groups in total. The molecule has 5 aliphatic heterocycles. The summed E-state index contributed by atoms with van der Waals surface area (Å²) in [5.74, 6) is -0.144. The molecule has 5 aliphatic rings. The summed E-state index contributed by atoms with van der Waals surface area (Å²) in [5, 5.41) is 14.8. The third-order valence-corrected chi connectivity index (χ3v) is 12.5. The number of aryl methyl sites for hydroxylation is 3. The van der Waals surface area contributed by atoms with E-state index in [0.29, 0.717) is 29.0 Å². The van der Waals surface area contributed by atoms with Crippen LogP contribution in [0, 0.1) is 19.8 Å². The highest BCUT2D eigenvalue weighted by Gasteiger charge is 2.45. The van der Waals surface area contributed by atoms with Crippen LogP contribution in [0.1, 0.15) is 55.8 Å². The van der Waals surface area contributed by atoms with Gasteiger partial charge >= 0.3 is 0 Å². The van der Waals surface area contributed by atoms with E-state index >= 15 is 0 Å². The van der Waals surface area contributed by atoms with Crippen molar-refractivity contribution in [2.45, 2.75) is 51.7 Å². The lowest BCUT2D eigenvalue weighted by Crippen LogP contribution is -2.63. The number of hydrogen-bond donors (Lipinski definition) is 3. The van der Waals surface area contributed by atoms with Gasteiger partial charge in [0.15, 0.2) is 11.5 Å². The van der Waals surface area contributed by atoms with Crippen LogP contribution in [-0.2, 0) is 29.6 Å². The van der Waals surface area contributed by atoms with E-state index in [1.807, 2.05) is 19.3 Å². The van der Waals surface area contributed by atoms with Crippen LogP contribution < -0.4 is 20.9 Å². The predicted molar refractivity (Wildman–Crippen MR) is 218 cm³/mol. The van der Waals surface area contributed by atoms with Crippen molar-refractivity contribution >= 4 is 63.5 Å². The zero-order chi connectivity index (χ0) is 39.8. The summed E-state index contributed by atoms with van der Waals surface area (Å²) in [6.07, 6.45) is 3.10. The van der Waals surface area contributed by atoms with Gasteiger partial charge in [-0.2, -0.15) is 10.1 Å². The second-order valence-corrected chi connectivity index (χ2v) is 16.4. The fourth-order valence-corrected chi connectivity index (χ4v) is 9.26. The van der Waals surface area contributed by atoms with Crippen LogP contribution in [0.4, 0.5) is 28.8 Å². The van der Waals surface area contributed by atoms with E-state index in [1.54, 1.807) is 16.8 Å². The molecule has 0 radical (unpaired) electrons. The fourth-order valence-electron chi connectivity index (χ4n) is 9.26. The zero-order valence-electron chi connectivity index (χ0n) is 32.8. The molecule has 10 rings (SSSR count). The number of fused-ring (bicyclic) bond motifs is 3. The Hall–Kier alpha value is -6.19. The van der Waals surface area contributed by atoms with E-state index in [0.717, 1.165) is 102 Å². The second kappa shape index (κ2) is 14.0. The summed E-state index contributed by atoms with van der Waals surface area (Å²) in [4.78, 5) is 68.4. The molecule has 2 aromatic heterocycles. The van der Waals surface area contributed by atoms with Gasteiger partial charge in [-0.25, -0.2) is 9.67 Å². The maximum atomic E-state index is 13.3. The van der Waals surface area contributed by atoms with Gasteiger partial charge in [-0.3, -0.25) is 39.2 Å². The highest BCUT2D eigenvalue weighted by Crippen LogP contribution is 2.35. The highest BCUT2D eigenvalue weighted by molar-refractivity contribution is 6.23. The number of benzene rings is 3. The molecular weight excluding hydrogens is 735 g/mol. The van der Waals surface area contributed by atoms with Crippen molar-refractivity contribution in [2.75, 3.05) is 54.8 Å². The van der Waals surface area contributed by atoms with Crippen LogP contribution in [-0.4, -0.2) is 109 Å². The molecule has 1 atom stereocenters. The number of imide groups is 2. The molecule has 3 fully saturated rings. The molecule has 58 heavy (non-hydrogen) atoms. The first-order valence-electron chi connectivity index (χ1n) is 20.0. The zero-order valence-corrected chi connectivity index (χ0v) is 32.8. The van der Waals surface area contributed by atoms with Crippen molar-refractivity contribution in [3.63, 3.8) is 0 Å². The van der Waals surface area contributed by atoms with Gasteiger partial charge in [0.2, 0.25) is 17.8 Å². The summed E-state index contributed by atoms with van der Waals surface area (Å²) < 4.78 is 1.79. The van der Waals surface area contributed by atoms with E-state index in [-0.39, 0.29) is 18.7 Å². The second-order valence-electron chi connectivity index (χ2n) is 16.4. The minimum absolute atomic E-state index is 0.101. The van der Waals surface area contributed by atoms with Crippen LogP contribution in [0.5, 0.6) is 0 Å². The van der Waals surface area contributed by atoms with E-state index in [9.17, 15) is 19.2 Å². The molecule has 1 unspecified atom stereocenters. The molecule has 3 aromatic carbocycles. The largest absolute Gasteiger partial charge is 0.371 e. The molecular formula is C43H45N11O4. The number of rotatable bonds is 9. The topological polar surface area (TPSA) is 161 Å². The lowest BCUT2D eigenvalue weighted by molar-refractivity contribution is -0.136. The minimum Gasteiger partial charge on any atom is -0.371 e. The number of piperidine rings is 1. The van der Waals surface area contributed by atoms with Gasteiger partial charge < -0.3 is 15.5 Å². The van der Waals surface area contributed by atoms with E-state index in [4.69, 9.17) is 10.1 Å². The van der Waals surface area contributed by atoms with Crippen molar-refractivity contribution in [3.05, 3.63) is 94.2 Å². The summed E-state index contributed by atoms with van der Waals surface area (Å²) in [5.41, 5.74) is 9.32. The van der Waals surface area contributed by atoms with Crippen LogP contribution in [0.2, 0.25) is 0 Å². The number of para-hydroxylation sites is 1. The van der Waals surface area contributed by atoms with Gasteiger partial charge in [0, 0.05) is 94.5 Å². The first-order valence-corrected chi connectivity index (χ1v) is 20.0. The monoisotopic (exact) mass is 779 g/mol. The minimum atomic E-state index is -0.960. The number of aromatic nitrogens is 4. The van der Waals surface area contributed by atoms with Crippen molar-refractivity contribution < 1.29 is 19.2 Å². The van der Waals surface area contributed by atoms with Gasteiger partial charge in [-0.15, -0.1) is 0 Å². The number of nitrogens with one attached hydrogen (secondary N) is 3. The van der Waals surface area contributed by atoms with Gasteiger partial charge in [0.05, 0.1) is 16.5 Å². The molecule has 0 bridgehead atoms. The Labute approximate surface area is 335 Å². The lowest BCUT2D eigenvalue weighted by atomic mass is 9.93. The first kappa shape index (κ1) is 36.2. The Morgan fingerprint density at radius 3 is 2.45 bits per heavy atom. The van der Waals surface area contributed by atoms with Crippen LogP contribution in [0.15, 0.2) is 60.8 Å². The van der Waals surface area contributed by atoms with Crippen LogP contribution >= 0.6 is 0 Å². The standard InChI is InChI=1S/C43H45N11O4/c1-24-5-4-6-25(2)37(24)47-38-34-17-44-43(48-39(34)50(3)49-38)45-29-8-7-27-13-14-52(21-28(27)15-29)31-22-51(23-31)18-26-19-53(20-26)30-9-10-32-33(16-30)42(58)54(41(32)57)35-11-12-36(55)46-40(35)56/h4-10,15-17,26,31,35H,11-14,18-23H2,1-3H3,(H,47,49)(H,44,45,48)(H,46,55,56). The van der Waals surface area contributed by atoms with Crippen molar-refractivity contribution in [1.82, 2.24) is 39.8 Å². The number of carbonyl (C=O) groups is 4. The third kappa shape index (κ3) is 6.34. The van der Waals surface area contributed by atoms with Gasteiger partial charge in [-0.05, 0) is 79.3 Å². The number of amides is 4. The highest BCUT2D eigenvalue weighted by atomic mass is 16.2. The van der Waals surface area contributed by atoms with Gasteiger partial charge in [0.25, 0.3) is 11.8 Å². The normalized spacial score (nSPS) is 20.2. The molecule has 7 heterocycles. The Bertz CT molecular complexity index is 2520. The molecule has 15 heteroatoms. The summed E-state index contributed by atoms with van der Waals surface area (Å²) in [6, 6.07) is 17.7. The Morgan fingerprint density at radius 1 is 0.862 bits per heavy atom. The number of carbonyl (C=O) groups excluding carboxylic acids is 4. The molecule has 0 spiro atoms. The van der Waals surface area contributed by atoms with Crippen molar-refractivity contribution in [2.24, 2.45) is 13.0 Å². The fraction of sp³-hybridized carbons (Fsp3) is 0.372. The van der Waals surface area contributed by atoms with E-state index in [1.165, 1.54) is 11.1 Å². The number of nitrogens with zero attached hydrogens (tertiary/aromatic N) is 8. The Kier molecular flexibility index (Phi) is 8.75. The predicted octanol–water partition coefficient (Wildman–Crippen LogP) is 4.05. The van der Waals surface area contributed by atoms with E-state index < -0.39 is 23.8 Å². The molecule has 0 aliphatic carbocycles. The number of likely N-dealkylation sites (tertiary alicyclic amines) is 1. The molecule has 4 amide bonds. The average molecular weight is 780 g/mol. The quantitative estimate of drug-likeness (QED) is 0.185. The molecule has 3 saturated heterocycles.